The molecule has 2 aliphatic carbocycles. The largest absolute Gasteiger partial charge is 0.0885 e. The van der Waals surface area contributed by atoms with E-state index in [1.807, 2.05) is 0 Å². The van der Waals surface area contributed by atoms with Gasteiger partial charge < -0.3 is 0 Å². The number of allylic oxidation sites excluding steroid dienone is 4. The van der Waals surface area contributed by atoms with Crippen molar-refractivity contribution in [1.29, 1.82) is 0 Å². The molecule has 0 saturated carbocycles. The minimum atomic E-state index is 0.989. The quantitative estimate of drug-likeness (QED) is 0.493. The maximum absolute atomic E-state index is 2.48. The predicted molar refractivity (Wildman–Crippen MR) is 65.9 cm³/mol. The Kier molecular flexibility index (Phi) is 3.47. The normalized spacial score (nSPS) is 34.4. The first kappa shape index (κ1) is 9.75. The molecule has 0 nitrogen and oxygen atoms in total. The highest BCUT2D eigenvalue weighted by Crippen LogP contribution is 2.36. The van der Waals surface area contributed by atoms with Crippen molar-refractivity contribution in [1.82, 2.24) is 0 Å². The summed E-state index contributed by atoms with van der Waals surface area (Å²) >= 11 is 2.48. The maximum Gasteiger partial charge on any atom is -0.0134 e. The van der Waals surface area contributed by atoms with Crippen molar-refractivity contribution < 1.29 is 0 Å². The van der Waals surface area contributed by atoms with Gasteiger partial charge in [0, 0.05) is 0 Å². The number of hydrogen-bond acceptors (Lipinski definition) is 0. The summed E-state index contributed by atoms with van der Waals surface area (Å²) < 4.78 is 1.58. The number of rotatable bonds is 1. The summed E-state index contributed by atoms with van der Waals surface area (Å²) in [6, 6.07) is 0. The van der Waals surface area contributed by atoms with E-state index in [9.17, 15) is 0 Å². The van der Waals surface area contributed by atoms with Gasteiger partial charge in [-0.25, -0.2) is 0 Å². The van der Waals surface area contributed by atoms with Gasteiger partial charge in [0.2, 0.25) is 0 Å². The van der Waals surface area contributed by atoms with E-state index in [1.165, 1.54) is 38.5 Å². The van der Waals surface area contributed by atoms with Crippen LogP contribution >= 0.6 is 22.6 Å². The Labute approximate surface area is 94.6 Å². The minimum Gasteiger partial charge on any atom is -0.0885 e. The molecule has 1 heteroatoms. The lowest BCUT2D eigenvalue weighted by Crippen LogP contribution is -2.17. The van der Waals surface area contributed by atoms with Gasteiger partial charge >= 0.3 is 0 Å². The van der Waals surface area contributed by atoms with Gasteiger partial charge in [0.25, 0.3) is 0 Å². The summed E-state index contributed by atoms with van der Waals surface area (Å²) in [7, 11) is 0. The van der Waals surface area contributed by atoms with Gasteiger partial charge in [-0.15, -0.1) is 0 Å². The standard InChI is InChI=1S/C12H17I/c13-12-8-6-11(7-9-12)10-4-2-1-3-5-10/h1-2,8,10-11H,3-7,9H2/t10-,11?/m1/s1. The van der Waals surface area contributed by atoms with Crippen molar-refractivity contribution in [3.8, 4) is 0 Å². The average Bonchev–Trinajstić information content (AvgIpc) is 2.20. The first-order chi connectivity index (χ1) is 6.36. The topological polar surface area (TPSA) is 0 Å². The molecule has 0 radical (unpaired) electrons. The summed E-state index contributed by atoms with van der Waals surface area (Å²) in [5, 5.41) is 0. The van der Waals surface area contributed by atoms with Crippen molar-refractivity contribution in [3.05, 3.63) is 21.8 Å². The number of halogens is 1. The third-order valence-corrected chi connectivity index (χ3v) is 4.35. The fourth-order valence-corrected chi connectivity index (χ4v) is 3.06. The Morgan fingerprint density at radius 1 is 1.08 bits per heavy atom. The van der Waals surface area contributed by atoms with Crippen LogP contribution in [-0.2, 0) is 0 Å². The zero-order valence-corrected chi connectivity index (χ0v) is 10.2. The maximum atomic E-state index is 2.48. The van der Waals surface area contributed by atoms with Gasteiger partial charge in [0.05, 0.1) is 0 Å². The Bertz CT molecular complexity index is 227. The molecule has 0 amide bonds. The second-order valence-corrected chi connectivity index (χ2v) is 5.62. The van der Waals surface area contributed by atoms with Crippen molar-refractivity contribution in [2.75, 3.05) is 0 Å². The molecule has 0 aromatic carbocycles. The Morgan fingerprint density at radius 2 is 1.92 bits per heavy atom. The van der Waals surface area contributed by atoms with Crippen LogP contribution in [0.1, 0.15) is 38.5 Å². The van der Waals surface area contributed by atoms with Crippen molar-refractivity contribution >= 4 is 22.6 Å². The molecule has 0 aromatic rings. The van der Waals surface area contributed by atoms with Gasteiger partial charge in [-0.3, -0.25) is 0 Å². The van der Waals surface area contributed by atoms with Crippen LogP contribution in [0.3, 0.4) is 0 Å². The Hall–Kier alpha value is 0.210. The van der Waals surface area contributed by atoms with E-state index in [0.29, 0.717) is 0 Å². The van der Waals surface area contributed by atoms with Crippen LogP contribution in [-0.4, -0.2) is 0 Å². The summed E-state index contributed by atoms with van der Waals surface area (Å²) in [6.45, 7) is 0. The van der Waals surface area contributed by atoms with Gasteiger partial charge in [0.1, 0.15) is 0 Å². The van der Waals surface area contributed by atoms with Crippen molar-refractivity contribution in [3.63, 3.8) is 0 Å². The minimum absolute atomic E-state index is 0.989. The summed E-state index contributed by atoms with van der Waals surface area (Å²) in [5.74, 6) is 1.98. The molecule has 2 aliphatic rings. The second-order valence-electron chi connectivity index (χ2n) is 4.23. The molecule has 0 N–H and O–H groups in total. The Balaban J connectivity index is 1.91. The van der Waals surface area contributed by atoms with Crippen LogP contribution in [0.4, 0.5) is 0 Å². The van der Waals surface area contributed by atoms with Crippen LogP contribution in [0.5, 0.6) is 0 Å². The van der Waals surface area contributed by atoms with E-state index < -0.39 is 0 Å². The first-order valence-electron chi connectivity index (χ1n) is 5.36. The molecule has 2 rings (SSSR count). The lowest BCUT2D eigenvalue weighted by Gasteiger charge is -2.29. The zero-order valence-electron chi connectivity index (χ0n) is 8.01. The monoisotopic (exact) mass is 288 g/mol. The van der Waals surface area contributed by atoms with E-state index in [1.54, 1.807) is 3.58 Å². The third kappa shape index (κ3) is 2.58. The molecule has 0 heterocycles. The highest BCUT2D eigenvalue weighted by Gasteiger charge is 2.22. The molecule has 0 saturated heterocycles. The summed E-state index contributed by atoms with van der Waals surface area (Å²) in [4.78, 5) is 0. The molecule has 0 bridgehead atoms. The van der Waals surface area contributed by atoms with Gasteiger partial charge in [-0.2, -0.15) is 0 Å². The Morgan fingerprint density at radius 3 is 2.54 bits per heavy atom. The lowest BCUT2D eigenvalue weighted by atomic mass is 9.77. The van der Waals surface area contributed by atoms with E-state index in [0.717, 1.165) is 11.8 Å². The van der Waals surface area contributed by atoms with Crippen LogP contribution in [0.2, 0.25) is 0 Å². The SMILES string of the molecule is IC1=CCC([C@@H]2CC=CCC2)CC1. The molecule has 2 atom stereocenters. The van der Waals surface area contributed by atoms with Gasteiger partial charge in [-0.05, 0) is 76.5 Å². The van der Waals surface area contributed by atoms with E-state index in [-0.39, 0.29) is 0 Å². The fourth-order valence-electron chi connectivity index (χ4n) is 2.50. The second kappa shape index (κ2) is 4.63. The van der Waals surface area contributed by atoms with Gasteiger partial charge in [0.15, 0.2) is 0 Å². The highest BCUT2D eigenvalue weighted by atomic mass is 127. The van der Waals surface area contributed by atoms with Crippen molar-refractivity contribution in [2.45, 2.75) is 38.5 Å². The summed E-state index contributed by atoms with van der Waals surface area (Å²) in [5.41, 5.74) is 0. The molecule has 0 spiro atoms. The van der Waals surface area contributed by atoms with Crippen LogP contribution in [0, 0.1) is 11.8 Å². The number of hydrogen-bond donors (Lipinski definition) is 0. The van der Waals surface area contributed by atoms with Crippen LogP contribution in [0.25, 0.3) is 0 Å². The lowest BCUT2D eigenvalue weighted by molar-refractivity contribution is 0.287. The first-order valence-corrected chi connectivity index (χ1v) is 6.43. The molecular weight excluding hydrogens is 271 g/mol. The van der Waals surface area contributed by atoms with E-state index in [2.05, 4.69) is 40.8 Å². The molecule has 13 heavy (non-hydrogen) atoms. The molecule has 72 valence electrons. The molecule has 0 fully saturated rings. The predicted octanol–water partition coefficient (Wildman–Crippen LogP) is 4.46. The highest BCUT2D eigenvalue weighted by molar-refractivity contribution is 14.1. The van der Waals surface area contributed by atoms with Crippen LogP contribution in [0.15, 0.2) is 21.8 Å². The molecule has 0 aliphatic heterocycles. The molecule has 0 aromatic heterocycles. The fraction of sp³-hybridized carbons (Fsp3) is 0.667. The third-order valence-electron chi connectivity index (χ3n) is 3.37. The summed E-state index contributed by atoms with van der Waals surface area (Å²) in [6.07, 6.45) is 15.4. The van der Waals surface area contributed by atoms with E-state index in [4.69, 9.17) is 0 Å². The molecular formula is C12H17I. The smallest absolute Gasteiger partial charge is 0.0134 e. The van der Waals surface area contributed by atoms with E-state index >= 15 is 0 Å². The van der Waals surface area contributed by atoms with Crippen LogP contribution < -0.4 is 0 Å². The zero-order chi connectivity index (χ0) is 9.10. The van der Waals surface area contributed by atoms with Gasteiger partial charge in [-0.1, -0.05) is 18.2 Å². The average molecular weight is 288 g/mol. The molecule has 1 unspecified atom stereocenters. The van der Waals surface area contributed by atoms with Crippen molar-refractivity contribution in [2.24, 2.45) is 11.8 Å².